The van der Waals surface area contributed by atoms with E-state index in [1.54, 1.807) is 0 Å². The van der Waals surface area contributed by atoms with Crippen molar-refractivity contribution in [1.82, 2.24) is 10.2 Å². The zero-order valence-electron chi connectivity index (χ0n) is 16.6. The van der Waals surface area contributed by atoms with Crippen LogP contribution in [0.2, 0.25) is 5.02 Å². The highest BCUT2D eigenvalue weighted by molar-refractivity contribution is 7.91. The Morgan fingerprint density at radius 3 is 2.37 bits per heavy atom. The van der Waals surface area contributed by atoms with E-state index in [0.717, 1.165) is 5.56 Å². The van der Waals surface area contributed by atoms with Crippen molar-refractivity contribution in [1.29, 1.82) is 0 Å². The fourth-order valence-electron chi connectivity index (χ4n) is 2.74. The van der Waals surface area contributed by atoms with Crippen LogP contribution in [0.25, 0.3) is 0 Å². The maximum atomic E-state index is 12.3. The number of halogens is 1. The molecule has 0 aliphatic rings. The highest BCUT2D eigenvalue weighted by Gasteiger charge is 2.18. The Bertz CT molecular complexity index is 1110. The molecule has 1 heterocycles. The molecule has 0 saturated heterocycles. The van der Waals surface area contributed by atoms with E-state index < -0.39 is 15.7 Å². The van der Waals surface area contributed by atoms with Gasteiger partial charge >= 0.3 is 6.01 Å². The average molecular weight is 448 g/mol. The second kappa shape index (κ2) is 9.40. The Morgan fingerprint density at radius 2 is 1.73 bits per heavy atom. The SMILES string of the molecule is CC(C)c1ccc(Cc2nnc(NC(=O)CCS(=O)(=O)c3ccc(Cl)cc3)o2)cc1. The van der Waals surface area contributed by atoms with Crippen molar-refractivity contribution in [3.63, 3.8) is 0 Å². The molecule has 0 spiro atoms. The van der Waals surface area contributed by atoms with Crippen molar-refractivity contribution in [2.45, 2.75) is 37.5 Å². The van der Waals surface area contributed by atoms with Crippen LogP contribution < -0.4 is 5.32 Å². The Hall–Kier alpha value is -2.71. The molecule has 0 bridgehead atoms. The van der Waals surface area contributed by atoms with Crippen molar-refractivity contribution in [2.24, 2.45) is 0 Å². The number of aromatic nitrogens is 2. The van der Waals surface area contributed by atoms with Gasteiger partial charge in [0, 0.05) is 11.4 Å². The first-order chi connectivity index (χ1) is 14.2. The lowest BCUT2D eigenvalue weighted by Crippen LogP contribution is -2.17. The Kier molecular flexibility index (Phi) is 6.89. The molecule has 0 atom stereocenters. The number of nitrogens with zero attached hydrogens (tertiary/aromatic N) is 2. The van der Waals surface area contributed by atoms with Crippen molar-refractivity contribution >= 4 is 33.4 Å². The topological polar surface area (TPSA) is 102 Å². The summed E-state index contributed by atoms with van der Waals surface area (Å²) in [7, 11) is -3.60. The van der Waals surface area contributed by atoms with Crippen LogP contribution in [0.15, 0.2) is 57.8 Å². The number of amides is 1. The zero-order valence-corrected chi connectivity index (χ0v) is 18.2. The minimum absolute atomic E-state index is 0.0577. The average Bonchev–Trinajstić information content (AvgIpc) is 3.14. The summed E-state index contributed by atoms with van der Waals surface area (Å²) >= 11 is 5.77. The largest absolute Gasteiger partial charge is 0.407 e. The standard InChI is InChI=1S/C21H22ClN3O4S/c1-14(2)16-5-3-15(4-6-16)13-20-24-25-21(29-20)23-19(26)11-12-30(27,28)18-9-7-17(22)8-10-18/h3-10,14H,11-13H2,1-2H3,(H,23,25,26). The number of sulfone groups is 1. The molecule has 0 radical (unpaired) electrons. The quantitative estimate of drug-likeness (QED) is 0.554. The molecule has 9 heteroatoms. The number of anilines is 1. The van der Waals surface area contributed by atoms with Crippen LogP contribution in [0.3, 0.4) is 0 Å². The zero-order chi connectivity index (χ0) is 21.7. The molecule has 0 unspecified atom stereocenters. The summed E-state index contributed by atoms with van der Waals surface area (Å²) < 4.78 is 30.0. The number of carbonyl (C=O) groups excluding carboxylic acids is 1. The predicted molar refractivity (Wildman–Crippen MR) is 114 cm³/mol. The number of benzene rings is 2. The summed E-state index contributed by atoms with van der Waals surface area (Å²) in [5.74, 6) is -0.0582. The van der Waals surface area contributed by atoms with Gasteiger partial charge in [-0.25, -0.2) is 8.42 Å². The third-order valence-electron chi connectivity index (χ3n) is 4.49. The second-order valence-corrected chi connectivity index (χ2v) is 9.69. The van der Waals surface area contributed by atoms with Gasteiger partial charge in [-0.3, -0.25) is 10.1 Å². The van der Waals surface area contributed by atoms with Gasteiger partial charge in [0.15, 0.2) is 9.84 Å². The van der Waals surface area contributed by atoms with Gasteiger partial charge in [-0.2, -0.15) is 0 Å². The number of rotatable bonds is 8. The molecule has 2 aromatic carbocycles. The number of hydrogen-bond acceptors (Lipinski definition) is 6. The summed E-state index contributed by atoms with van der Waals surface area (Å²) in [4.78, 5) is 12.2. The molecular formula is C21H22ClN3O4S. The van der Waals surface area contributed by atoms with Gasteiger partial charge in [0.1, 0.15) is 0 Å². The molecule has 0 aliphatic heterocycles. The van der Waals surface area contributed by atoms with Gasteiger partial charge in [-0.05, 0) is 41.3 Å². The second-order valence-electron chi connectivity index (χ2n) is 7.14. The fraction of sp³-hybridized carbons (Fsp3) is 0.286. The lowest BCUT2D eigenvalue weighted by molar-refractivity contribution is -0.116. The van der Waals surface area contributed by atoms with Gasteiger partial charge < -0.3 is 4.42 Å². The number of hydrogen-bond donors (Lipinski definition) is 1. The van der Waals surface area contributed by atoms with E-state index >= 15 is 0 Å². The highest BCUT2D eigenvalue weighted by atomic mass is 35.5. The van der Waals surface area contributed by atoms with Crippen molar-refractivity contribution < 1.29 is 17.6 Å². The van der Waals surface area contributed by atoms with E-state index in [9.17, 15) is 13.2 Å². The molecule has 3 rings (SSSR count). The molecule has 7 nitrogen and oxygen atoms in total. The van der Waals surface area contributed by atoms with Gasteiger partial charge in [0.05, 0.1) is 17.1 Å². The molecule has 1 aromatic heterocycles. The number of nitrogens with one attached hydrogen (secondary N) is 1. The maximum Gasteiger partial charge on any atom is 0.322 e. The van der Waals surface area contributed by atoms with Crippen molar-refractivity contribution in [2.75, 3.05) is 11.1 Å². The van der Waals surface area contributed by atoms with Crippen LogP contribution >= 0.6 is 11.6 Å². The van der Waals surface area contributed by atoms with Gasteiger partial charge in [-0.15, -0.1) is 5.10 Å². The van der Waals surface area contributed by atoms with E-state index in [0.29, 0.717) is 23.3 Å². The third-order valence-corrected chi connectivity index (χ3v) is 6.47. The molecule has 1 amide bonds. The van der Waals surface area contributed by atoms with E-state index in [2.05, 4.69) is 41.5 Å². The predicted octanol–water partition coefficient (Wildman–Crippen LogP) is 4.24. The minimum atomic E-state index is -3.60. The first-order valence-electron chi connectivity index (χ1n) is 9.42. The van der Waals surface area contributed by atoms with Crippen LogP contribution in [0.1, 0.15) is 43.2 Å². The first-order valence-corrected chi connectivity index (χ1v) is 11.5. The fourth-order valence-corrected chi connectivity index (χ4v) is 4.11. The van der Waals surface area contributed by atoms with Crippen LogP contribution in [0.4, 0.5) is 6.01 Å². The first kappa shape index (κ1) is 22.0. The molecule has 30 heavy (non-hydrogen) atoms. The Labute approximate surface area is 180 Å². The molecule has 0 aliphatic carbocycles. The summed E-state index contributed by atoms with van der Waals surface area (Å²) in [6.45, 7) is 4.26. The molecule has 3 aromatic rings. The lowest BCUT2D eigenvalue weighted by atomic mass is 10.0. The summed E-state index contributed by atoms with van der Waals surface area (Å²) in [5.41, 5.74) is 2.25. The van der Waals surface area contributed by atoms with E-state index in [4.69, 9.17) is 16.0 Å². The number of carbonyl (C=O) groups is 1. The maximum absolute atomic E-state index is 12.3. The van der Waals surface area contributed by atoms with Crippen LogP contribution in [-0.2, 0) is 21.1 Å². The van der Waals surface area contributed by atoms with E-state index in [-0.39, 0.29) is 23.1 Å². The normalized spacial score (nSPS) is 11.6. The highest BCUT2D eigenvalue weighted by Crippen LogP contribution is 2.18. The summed E-state index contributed by atoms with van der Waals surface area (Å²) in [6.07, 6.45) is 0.200. The van der Waals surface area contributed by atoms with Gasteiger partial charge in [0.2, 0.25) is 11.8 Å². The smallest absolute Gasteiger partial charge is 0.322 e. The lowest BCUT2D eigenvalue weighted by Gasteiger charge is -2.05. The van der Waals surface area contributed by atoms with Crippen molar-refractivity contribution in [3.05, 3.63) is 70.6 Å². The molecule has 0 saturated carbocycles. The molecule has 1 N–H and O–H groups in total. The van der Waals surface area contributed by atoms with E-state index in [1.807, 2.05) is 12.1 Å². The van der Waals surface area contributed by atoms with E-state index in [1.165, 1.54) is 29.8 Å². The molecule has 158 valence electrons. The van der Waals surface area contributed by atoms with Gasteiger partial charge in [0.25, 0.3) is 0 Å². The molecular weight excluding hydrogens is 426 g/mol. The van der Waals surface area contributed by atoms with Crippen LogP contribution in [0, 0.1) is 0 Å². The van der Waals surface area contributed by atoms with Crippen LogP contribution in [-0.4, -0.2) is 30.3 Å². The third kappa shape index (κ3) is 5.90. The Morgan fingerprint density at radius 1 is 1.07 bits per heavy atom. The van der Waals surface area contributed by atoms with Gasteiger partial charge in [-0.1, -0.05) is 54.8 Å². The summed E-state index contributed by atoms with van der Waals surface area (Å²) in [6, 6.07) is 13.9. The van der Waals surface area contributed by atoms with Crippen LogP contribution in [0.5, 0.6) is 0 Å². The molecule has 0 fully saturated rings. The monoisotopic (exact) mass is 447 g/mol. The minimum Gasteiger partial charge on any atom is -0.407 e. The van der Waals surface area contributed by atoms with Crippen molar-refractivity contribution in [3.8, 4) is 0 Å². The summed E-state index contributed by atoms with van der Waals surface area (Å²) in [5, 5.41) is 10.6. The Balaban J connectivity index is 1.53.